The van der Waals surface area contributed by atoms with E-state index in [4.69, 9.17) is 0 Å². The van der Waals surface area contributed by atoms with Crippen molar-refractivity contribution in [1.29, 1.82) is 0 Å². The molecular weight excluding hydrogens is 298 g/mol. The van der Waals surface area contributed by atoms with Crippen LogP contribution in [0.25, 0.3) is 11.4 Å². The van der Waals surface area contributed by atoms with Crippen LogP contribution in [0.15, 0.2) is 54.6 Å². The average molecular weight is 319 g/mol. The lowest BCUT2D eigenvalue weighted by atomic mass is 10.1. The van der Waals surface area contributed by atoms with E-state index in [0.29, 0.717) is 17.7 Å². The molecule has 0 saturated carbocycles. The van der Waals surface area contributed by atoms with Gasteiger partial charge in [-0.2, -0.15) is 15.0 Å². The number of para-hydroxylation sites is 1. The van der Waals surface area contributed by atoms with Crippen molar-refractivity contribution in [2.45, 2.75) is 26.8 Å². The Kier molecular flexibility index (Phi) is 4.70. The van der Waals surface area contributed by atoms with Crippen LogP contribution < -0.4 is 10.6 Å². The highest BCUT2D eigenvalue weighted by Gasteiger charge is 2.11. The molecule has 5 nitrogen and oxygen atoms in total. The molecule has 0 aliphatic carbocycles. The van der Waals surface area contributed by atoms with E-state index in [0.717, 1.165) is 16.8 Å². The highest BCUT2D eigenvalue weighted by molar-refractivity contribution is 5.63. The second kappa shape index (κ2) is 7.08. The zero-order chi connectivity index (χ0) is 16.9. The van der Waals surface area contributed by atoms with Gasteiger partial charge in [0.05, 0.1) is 0 Å². The standard InChI is InChI=1S/C19H21N5/c1-13(2)20-18-22-17(16-12-8-7-9-14(16)3)23-19(24-18)21-15-10-5-4-6-11-15/h4-13H,1-3H3,(H2,20,21,22,23,24). The molecule has 122 valence electrons. The molecule has 5 heteroatoms. The van der Waals surface area contributed by atoms with E-state index >= 15 is 0 Å². The highest BCUT2D eigenvalue weighted by Crippen LogP contribution is 2.23. The maximum Gasteiger partial charge on any atom is 0.232 e. The van der Waals surface area contributed by atoms with Gasteiger partial charge >= 0.3 is 0 Å². The normalized spacial score (nSPS) is 10.7. The second-order valence-electron chi connectivity index (χ2n) is 5.91. The van der Waals surface area contributed by atoms with Crippen LogP contribution in [0.5, 0.6) is 0 Å². The first-order chi connectivity index (χ1) is 11.6. The molecular formula is C19H21N5. The molecule has 1 aromatic heterocycles. The third-order valence-electron chi connectivity index (χ3n) is 3.47. The van der Waals surface area contributed by atoms with Crippen molar-refractivity contribution in [3.63, 3.8) is 0 Å². The van der Waals surface area contributed by atoms with Gasteiger partial charge in [0.25, 0.3) is 0 Å². The molecule has 0 amide bonds. The van der Waals surface area contributed by atoms with Crippen LogP contribution in [0.3, 0.4) is 0 Å². The van der Waals surface area contributed by atoms with Crippen LogP contribution in [0.4, 0.5) is 17.6 Å². The van der Waals surface area contributed by atoms with Gasteiger partial charge in [0.1, 0.15) is 0 Å². The monoisotopic (exact) mass is 319 g/mol. The molecule has 3 aromatic rings. The Morgan fingerprint density at radius 2 is 1.46 bits per heavy atom. The van der Waals surface area contributed by atoms with Gasteiger partial charge in [0, 0.05) is 17.3 Å². The molecule has 1 heterocycles. The molecule has 0 unspecified atom stereocenters. The number of aryl methyl sites for hydroxylation is 1. The van der Waals surface area contributed by atoms with Gasteiger partial charge in [-0.1, -0.05) is 42.5 Å². The van der Waals surface area contributed by atoms with Gasteiger partial charge in [-0.15, -0.1) is 0 Å². The van der Waals surface area contributed by atoms with Crippen molar-refractivity contribution in [2.24, 2.45) is 0 Å². The predicted octanol–water partition coefficient (Wildman–Crippen LogP) is 4.41. The van der Waals surface area contributed by atoms with Gasteiger partial charge < -0.3 is 10.6 Å². The summed E-state index contributed by atoms with van der Waals surface area (Å²) in [4.78, 5) is 13.6. The maximum absolute atomic E-state index is 4.59. The Hall–Kier alpha value is -2.95. The molecule has 0 radical (unpaired) electrons. The van der Waals surface area contributed by atoms with Crippen LogP contribution in [-0.4, -0.2) is 21.0 Å². The minimum atomic E-state index is 0.238. The Balaban J connectivity index is 2.02. The SMILES string of the molecule is Cc1ccccc1-c1nc(Nc2ccccc2)nc(NC(C)C)n1. The molecule has 0 spiro atoms. The molecule has 0 aliphatic rings. The van der Waals surface area contributed by atoms with Crippen LogP contribution in [0.2, 0.25) is 0 Å². The minimum Gasteiger partial charge on any atom is -0.352 e. The summed E-state index contributed by atoms with van der Waals surface area (Å²) in [7, 11) is 0. The molecule has 3 rings (SSSR count). The number of hydrogen-bond donors (Lipinski definition) is 2. The van der Waals surface area contributed by atoms with E-state index in [1.165, 1.54) is 0 Å². The van der Waals surface area contributed by atoms with Crippen LogP contribution in [0, 0.1) is 6.92 Å². The van der Waals surface area contributed by atoms with Crippen molar-refractivity contribution in [2.75, 3.05) is 10.6 Å². The van der Waals surface area contributed by atoms with Gasteiger partial charge in [0.2, 0.25) is 11.9 Å². The Morgan fingerprint density at radius 1 is 0.792 bits per heavy atom. The molecule has 2 aromatic carbocycles. The lowest BCUT2D eigenvalue weighted by molar-refractivity contribution is 0.869. The maximum atomic E-state index is 4.59. The van der Waals surface area contributed by atoms with Crippen molar-refractivity contribution in [3.05, 3.63) is 60.2 Å². The largest absolute Gasteiger partial charge is 0.352 e. The van der Waals surface area contributed by atoms with E-state index in [2.05, 4.69) is 52.4 Å². The summed E-state index contributed by atoms with van der Waals surface area (Å²) in [5, 5.41) is 6.50. The number of nitrogens with one attached hydrogen (secondary N) is 2. The smallest absolute Gasteiger partial charge is 0.232 e. The number of nitrogens with zero attached hydrogens (tertiary/aromatic N) is 3. The fraction of sp³-hybridized carbons (Fsp3) is 0.211. The van der Waals surface area contributed by atoms with E-state index in [9.17, 15) is 0 Å². The van der Waals surface area contributed by atoms with E-state index in [1.807, 2.05) is 48.5 Å². The first kappa shape index (κ1) is 15.9. The molecule has 0 aliphatic heterocycles. The molecule has 24 heavy (non-hydrogen) atoms. The number of aromatic nitrogens is 3. The second-order valence-corrected chi connectivity index (χ2v) is 5.91. The molecule has 0 atom stereocenters. The summed E-state index contributed by atoms with van der Waals surface area (Å²) in [5.41, 5.74) is 3.07. The molecule has 0 fully saturated rings. The number of benzene rings is 2. The zero-order valence-electron chi connectivity index (χ0n) is 14.1. The van der Waals surface area contributed by atoms with E-state index in [-0.39, 0.29) is 6.04 Å². The first-order valence-electron chi connectivity index (χ1n) is 8.02. The van der Waals surface area contributed by atoms with Gasteiger partial charge in [-0.25, -0.2) is 0 Å². The quantitative estimate of drug-likeness (QED) is 0.729. The van der Waals surface area contributed by atoms with E-state index < -0.39 is 0 Å². The van der Waals surface area contributed by atoms with Crippen molar-refractivity contribution >= 4 is 17.6 Å². The molecule has 0 bridgehead atoms. The molecule has 2 N–H and O–H groups in total. The van der Waals surface area contributed by atoms with Gasteiger partial charge in [-0.05, 0) is 38.5 Å². The number of anilines is 3. The van der Waals surface area contributed by atoms with Crippen LogP contribution in [0.1, 0.15) is 19.4 Å². The van der Waals surface area contributed by atoms with E-state index in [1.54, 1.807) is 0 Å². The summed E-state index contributed by atoms with van der Waals surface area (Å²) in [5.74, 6) is 1.75. The summed E-state index contributed by atoms with van der Waals surface area (Å²) < 4.78 is 0. The van der Waals surface area contributed by atoms with Crippen molar-refractivity contribution in [1.82, 2.24) is 15.0 Å². The first-order valence-corrected chi connectivity index (χ1v) is 8.02. The fourth-order valence-corrected chi connectivity index (χ4v) is 2.35. The Morgan fingerprint density at radius 3 is 2.17 bits per heavy atom. The summed E-state index contributed by atoms with van der Waals surface area (Å²) in [6.07, 6.45) is 0. The van der Waals surface area contributed by atoms with Crippen molar-refractivity contribution in [3.8, 4) is 11.4 Å². The predicted molar refractivity (Wildman–Crippen MR) is 98.5 cm³/mol. The topological polar surface area (TPSA) is 62.7 Å². The fourth-order valence-electron chi connectivity index (χ4n) is 2.35. The Bertz CT molecular complexity index is 815. The summed E-state index contributed by atoms with van der Waals surface area (Å²) in [6.45, 7) is 6.17. The van der Waals surface area contributed by atoms with Crippen LogP contribution in [-0.2, 0) is 0 Å². The average Bonchev–Trinajstić information content (AvgIpc) is 2.55. The lowest BCUT2D eigenvalue weighted by Crippen LogP contribution is -2.14. The number of hydrogen-bond acceptors (Lipinski definition) is 5. The summed E-state index contributed by atoms with van der Waals surface area (Å²) >= 11 is 0. The zero-order valence-corrected chi connectivity index (χ0v) is 14.1. The third kappa shape index (κ3) is 3.87. The number of rotatable bonds is 5. The lowest BCUT2D eigenvalue weighted by Gasteiger charge is -2.13. The van der Waals surface area contributed by atoms with Gasteiger partial charge in [-0.3, -0.25) is 0 Å². The van der Waals surface area contributed by atoms with Crippen LogP contribution >= 0.6 is 0 Å². The third-order valence-corrected chi connectivity index (χ3v) is 3.47. The minimum absolute atomic E-state index is 0.238. The molecule has 0 saturated heterocycles. The summed E-state index contributed by atoms with van der Waals surface area (Å²) in [6, 6.07) is 18.2. The van der Waals surface area contributed by atoms with Crippen molar-refractivity contribution < 1.29 is 0 Å². The van der Waals surface area contributed by atoms with Gasteiger partial charge in [0.15, 0.2) is 5.82 Å². The highest BCUT2D eigenvalue weighted by atomic mass is 15.2. The Labute approximate surface area is 142 Å².